The summed E-state index contributed by atoms with van der Waals surface area (Å²) in [4.78, 5) is 4.07. The van der Waals surface area contributed by atoms with E-state index in [-0.39, 0.29) is 5.56 Å². The lowest BCUT2D eigenvalue weighted by Crippen LogP contribution is -2.22. The Balaban J connectivity index is 2.36. The lowest BCUT2D eigenvalue weighted by molar-refractivity contribution is 0.486. The van der Waals surface area contributed by atoms with Crippen LogP contribution in [0.25, 0.3) is 0 Å². The van der Waals surface area contributed by atoms with Gasteiger partial charge in [-0.3, -0.25) is 4.98 Å². The number of halogens is 3. The normalized spacial score (nSPS) is 12.4. The third-order valence-corrected chi connectivity index (χ3v) is 3.65. The number of aryl methyl sites for hydroxylation is 1. The van der Waals surface area contributed by atoms with Gasteiger partial charge in [0.1, 0.15) is 11.6 Å². The first-order chi connectivity index (χ1) is 9.52. The van der Waals surface area contributed by atoms with Crippen LogP contribution in [0.4, 0.5) is 8.78 Å². The summed E-state index contributed by atoms with van der Waals surface area (Å²) >= 11 is 3.34. The van der Waals surface area contributed by atoms with Crippen molar-refractivity contribution in [3.8, 4) is 0 Å². The number of hydrogen-bond donors (Lipinski definition) is 1. The molecule has 0 fully saturated rings. The highest BCUT2D eigenvalue weighted by Crippen LogP contribution is 2.26. The highest BCUT2D eigenvalue weighted by molar-refractivity contribution is 9.10. The number of likely N-dealkylation sites (N-methyl/N-ethyl adjacent to an activating group) is 1. The lowest BCUT2D eigenvalue weighted by atomic mass is 9.97. The summed E-state index contributed by atoms with van der Waals surface area (Å²) in [5.74, 6) is -1.03. The van der Waals surface area contributed by atoms with Crippen molar-refractivity contribution >= 4 is 15.9 Å². The summed E-state index contributed by atoms with van der Waals surface area (Å²) in [6.07, 6.45) is 3.83. The summed E-state index contributed by atoms with van der Waals surface area (Å²) in [6, 6.07) is 4.20. The average Bonchev–Trinajstić information content (AvgIpc) is 2.42. The highest BCUT2D eigenvalue weighted by Gasteiger charge is 2.20. The molecule has 0 saturated heterocycles. The molecule has 2 rings (SSSR count). The van der Waals surface area contributed by atoms with E-state index in [1.807, 2.05) is 6.07 Å². The number of hydrogen-bond acceptors (Lipinski definition) is 2. The Morgan fingerprint density at radius 1 is 1.30 bits per heavy atom. The van der Waals surface area contributed by atoms with E-state index in [4.69, 9.17) is 0 Å². The molecule has 0 aliphatic carbocycles. The number of rotatable bonds is 4. The van der Waals surface area contributed by atoms with Crippen molar-refractivity contribution < 1.29 is 8.78 Å². The fourth-order valence-electron chi connectivity index (χ4n) is 2.15. The molecule has 1 atom stereocenters. The molecule has 5 heteroatoms. The standard InChI is InChI=1S/C15H15BrF2N2/c1-9-3-4-12(17)14(15(9)18)13(19-2)6-10-5-11(16)8-20-7-10/h3-5,7-8,13,19H,6H2,1-2H3. The van der Waals surface area contributed by atoms with E-state index in [0.29, 0.717) is 12.0 Å². The van der Waals surface area contributed by atoms with Crippen molar-refractivity contribution in [1.82, 2.24) is 10.3 Å². The molecule has 1 N–H and O–H groups in total. The van der Waals surface area contributed by atoms with Gasteiger partial charge < -0.3 is 5.32 Å². The van der Waals surface area contributed by atoms with Gasteiger partial charge in [-0.15, -0.1) is 0 Å². The molecule has 20 heavy (non-hydrogen) atoms. The quantitative estimate of drug-likeness (QED) is 0.911. The van der Waals surface area contributed by atoms with Gasteiger partial charge in [-0.05, 0) is 59.6 Å². The molecule has 0 aliphatic heterocycles. The summed E-state index contributed by atoms with van der Waals surface area (Å²) in [6.45, 7) is 1.63. The molecule has 1 aromatic carbocycles. The van der Waals surface area contributed by atoms with E-state index in [1.165, 1.54) is 12.1 Å². The SMILES string of the molecule is CNC(Cc1cncc(Br)c1)c1c(F)ccc(C)c1F. The smallest absolute Gasteiger partial charge is 0.133 e. The molecule has 2 nitrogen and oxygen atoms in total. The number of aromatic nitrogens is 1. The predicted octanol–water partition coefficient (Wildman–Crippen LogP) is 3.93. The second-order valence-electron chi connectivity index (χ2n) is 4.65. The first-order valence-electron chi connectivity index (χ1n) is 6.24. The van der Waals surface area contributed by atoms with Crippen LogP contribution in [0.5, 0.6) is 0 Å². The molecular weight excluding hydrogens is 326 g/mol. The maximum atomic E-state index is 14.2. The molecule has 1 aromatic heterocycles. The lowest BCUT2D eigenvalue weighted by Gasteiger charge is -2.19. The Morgan fingerprint density at radius 3 is 2.70 bits per heavy atom. The maximum absolute atomic E-state index is 14.2. The zero-order chi connectivity index (χ0) is 14.7. The summed E-state index contributed by atoms with van der Waals surface area (Å²) in [5, 5.41) is 2.97. The maximum Gasteiger partial charge on any atom is 0.133 e. The van der Waals surface area contributed by atoms with Crippen LogP contribution < -0.4 is 5.32 Å². The van der Waals surface area contributed by atoms with Crippen LogP contribution >= 0.6 is 15.9 Å². The molecule has 2 aromatic rings. The van der Waals surface area contributed by atoms with Crippen LogP contribution in [0.15, 0.2) is 35.1 Å². The van der Waals surface area contributed by atoms with Crippen molar-refractivity contribution in [1.29, 1.82) is 0 Å². The summed E-state index contributed by atoms with van der Waals surface area (Å²) in [7, 11) is 1.69. The van der Waals surface area contributed by atoms with Crippen molar-refractivity contribution in [2.24, 2.45) is 0 Å². The van der Waals surface area contributed by atoms with Gasteiger partial charge in [0, 0.05) is 28.5 Å². The van der Waals surface area contributed by atoms with Gasteiger partial charge in [-0.25, -0.2) is 8.78 Å². The largest absolute Gasteiger partial charge is 0.313 e. The van der Waals surface area contributed by atoms with Crippen LogP contribution in [0.3, 0.4) is 0 Å². The Labute approximate surface area is 125 Å². The molecule has 0 saturated carbocycles. The van der Waals surface area contributed by atoms with E-state index in [2.05, 4.69) is 26.2 Å². The average molecular weight is 341 g/mol. The predicted molar refractivity (Wildman–Crippen MR) is 78.5 cm³/mol. The van der Waals surface area contributed by atoms with E-state index >= 15 is 0 Å². The van der Waals surface area contributed by atoms with Gasteiger partial charge in [0.25, 0.3) is 0 Å². The fraction of sp³-hybridized carbons (Fsp3) is 0.267. The molecular formula is C15H15BrF2N2. The minimum Gasteiger partial charge on any atom is -0.313 e. The number of pyridine rings is 1. The van der Waals surface area contributed by atoms with Crippen molar-refractivity contribution in [2.45, 2.75) is 19.4 Å². The second kappa shape index (κ2) is 6.41. The van der Waals surface area contributed by atoms with Crippen LogP contribution in [0.1, 0.15) is 22.7 Å². The molecule has 0 amide bonds. The first kappa shape index (κ1) is 15.1. The molecule has 106 valence electrons. The van der Waals surface area contributed by atoms with E-state index in [0.717, 1.165) is 10.0 Å². The minimum atomic E-state index is -0.532. The molecule has 0 aliphatic rings. The number of benzene rings is 1. The molecule has 0 bridgehead atoms. The van der Waals surface area contributed by atoms with Gasteiger partial charge in [0.2, 0.25) is 0 Å². The monoisotopic (exact) mass is 340 g/mol. The number of nitrogens with zero attached hydrogens (tertiary/aromatic N) is 1. The Hall–Kier alpha value is -1.33. The van der Waals surface area contributed by atoms with Gasteiger partial charge in [-0.2, -0.15) is 0 Å². The number of nitrogens with one attached hydrogen (secondary N) is 1. The van der Waals surface area contributed by atoms with Crippen LogP contribution in [0.2, 0.25) is 0 Å². The molecule has 1 heterocycles. The fourth-order valence-corrected chi connectivity index (χ4v) is 2.56. The minimum absolute atomic E-state index is 0.0764. The van der Waals surface area contributed by atoms with Crippen LogP contribution in [-0.2, 0) is 6.42 Å². The van der Waals surface area contributed by atoms with Crippen molar-refractivity contribution in [3.05, 3.63) is 63.4 Å². The van der Waals surface area contributed by atoms with Gasteiger partial charge in [-0.1, -0.05) is 6.07 Å². The van der Waals surface area contributed by atoms with E-state index < -0.39 is 17.7 Å². The third-order valence-electron chi connectivity index (χ3n) is 3.22. The topological polar surface area (TPSA) is 24.9 Å². The Kier molecular flexibility index (Phi) is 4.83. The third kappa shape index (κ3) is 3.22. The van der Waals surface area contributed by atoms with Gasteiger partial charge >= 0.3 is 0 Å². The Bertz CT molecular complexity index is 617. The second-order valence-corrected chi connectivity index (χ2v) is 5.56. The van der Waals surface area contributed by atoms with Crippen LogP contribution in [0, 0.1) is 18.6 Å². The van der Waals surface area contributed by atoms with Gasteiger partial charge in [0.05, 0.1) is 0 Å². The zero-order valence-corrected chi connectivity index (χ0v) is 12.8. The highest BCUT2D eigenvalue weighted by atomic mass is 79.9. The summed E-state index contributed by atoms with van der Waals surface area (Å²) < 4.78 is 29.0. The zero-order valence-electron chi connectivity index (χ0n) is 11.3. The molecule has 0 spiro atoms. The van der Waals surface area contributed by atoms with E-state index in [1.54, 1.807) is 26.4 Å². The van der Waals surface area contributed by atoms with Gasteiger partial charge in [0.15, 0.2) is 0 Å². The Morgan fingerprint density at radius 2 is 2.05 bits per heavy atom. The van der Waals surface area contributed by atoms with Crippen LogP contribution in [-0.4, -0.2) is 12.0 Å². The first-order valence-corrected chi connectivity index (χ1v) is 7.03. The molecule has 0 radical (unpaired) electrons. The summed E-state index contributed by atoms with van der Waals surface area (Å²) in [5.41, 5.74) is 1.42. The van der Waals surface area contributed by atoms with Crippen molar-refractivity contribution in [3.63, 3.8) is 0 Å². The van der Waals surface area contributed by atoms with E-state index in [9.17, 15) is 8.78 Å². The van der Waals surface area contributed by atoms with Crippen molar-refractivity contribution in [2.75, 3.05) is 7.05 Å². The molecule has 1 unspecified atom stereocenters.